The van der Waals surface area contributed by atoms with Gasteiger partial charge in [-0.15, -0.1) is 0 Å². The maximum atomic E-state index is 11.0. The van der Waals surface area contributed by atoms with E-state index >= 15 is 0 Å². The Labute approximate surface area is 82.1 Å². The molecular formula is C11H11NO2. The molecule has 0 radical (unpaired) electrons. The van der Waals surface area contributed by atoms with Gasteiger partial charge in [-0.2, -0.15) is 0 Å². The highest BCUT2D eigenvalue weighted by atomic mass is 16.5. The van der Waals surface area contributed by atoms with Crippen molar-refractivity contribution in [3.8, 4) is 5.75 Å². The standard InChI is InChI=1S/C11H11NO2/c13-11-6-14-10-5-8(7-1-2-7)3-4-9(10)12-11/h3-5,7H,1-2,6H2,(H,12,13). The first-order chi connectivity index (χ1) is 6.83. The average molecular weight is 189 g/mol. The van der Waals surface area contributed by atoms with Gasteiger partial charge < -0.3 is 10.1 Å². The second-order valence-corrected chi connectivity index (χ2v) is 3.87. The van der Waals surface area contributed by atoms with Crippen molar-refractivity contribution >= 4 is 11.6 Å². The fraction of sp³-hybridized carbons (Fsp3) is 0.364. The highest BCUT2D eigenvalue weighted by molar-refractivity contribution is 5.95. The van der Waals surface area contributed by atoms with Crippen LogP contribution in [-0.2, 0) is 4.79 Å². The van der Waals surface area contributed by atoms with Crippen LogP contribution in [0.1, 0.15) is 24.3 Å². The fourth-order valence-electron chi connectivity index (χ4n) is 1.76. The van der Waals surface area contributed by atoms with Gasteiger partial charge in [0.05, 0.1) is 5.69 Å². The zero-order chi connectivity index (χ0) is 9.54. The van der Waals surface area contributed by atoms with Crippen molar-refractivity contribution in [2.24, 2.45) is 0 Å². The van der Waals surface area contributed by atoms with E-state index < -0.39 is 0 Å². The second kappa shape index (κ2) is 2.74. The van der Waals surface area contributed by atoms with E-state index in [-0.39, 0.29) is 12.5 Å². The number of anilines is 1. The Hall–Kier alpha value is -1.51. The lowest BCUT2D eigenvalue weighted by atomic mass is 10.1. The van der Waals surface area contributed by atoms with Crippen LogP contribution in [0.4, 0.5) is 5.69 Å². The third kappa shape index (κ3) is 1.25. The van der Waals surface area contributed by atoms with Gasteiger partial charge in [0.25, 0.3) is 5.91 Å². The van der Waals surface area contributed by atoms with Crippen molar-refractivity contribution in [2.45, 2.75) is 18.8 Å². The molecule has 2 aliphatic rings. The minimum Gasteiger partial charge on any atom is -0.482 e. The first-order valence-corrected chi connectivity index (χ1v) is 4.89. The highest BCUT2D eigenvalue weighted by Crippen LogP contribution is 2.42. The van der Waals surface area contributed by atoms with Crippen molar-refractivity contribution in [2.75, 3.05) is 11.9 Å². The van der Waals surface area contributed by atoms with Gasteiger partial charge in [-0.05, 0) is 36.5 Å². The maximum Gasteiger partial charge on any atom is 0.262 e. The van der Waals surface area contributed by atoms with Gasteiger partial charge in [0.15, 0.2) is 6.61 Å². The molecule has 14 heavy (non-hydrogen) atoms. The number of carbonyl (C=O) groups excluding carboxylic acids is 1. The number of benzene rings is 1. The summed E-state index contributed by atoms with van der Waals surface area (Å²) in [7, 11) is 0. The lowest BCUT2D eigenvalue weighted by molar-refractivity contribution is -0.118. The van der Waals surface area contributed by atoms with E-state index in [1.54, 1.807) is 0 Å². The van der Waals surface area contributed by atoms with Gasteiger partial charge in [0, 0.05) is 0 Å². The van der Waals surface area contributed by atoms with Gasteiger partial charge in [-0.1, -0.05) is 6.07 Å². The monoisotopic (exact) mass is 189 g/mol. The summed E-state index contributed by atoms with van der Waals surface area (Å²) in [5.41, 5.74) is 2.13. The van der Waals surface area contributed by atoms with Crippen LogP contribution in [0.15, 0.2) is 18.2 Å². The summed E-state index contributed by atoms with van der Waals surface area (Å²) in [6.07, 6.45) is 2.57. The lowest BCUT2D eigenvalue weighted by Crippen LogP contribution is -2.25. The van der Waals surface area contributed by atoms with E-state index in [9.17, 15) is 4.79 Å². The Kier molecular flexibility index (Phi) is 1.54. The zero-order valence-electron chi connectivity index (χ0n) is 7.75. The number of fused-ring (bicyclic) bond motifs is 1. The first-order valence-electron chi connectivity index (χ1n) is 4.89. The summed E-state index contributed by atoms with van der Waals surface area (Å²) in [6.45, 7) is 0.140. The van der Waals surface area contributed by atoms with Gasteiger partial charge in [0.2, 0.25) is 0 Å². The smallest absolute Gasteiger partial charge is 0.262 e. The summed E-state index contributed by atoms with van der Waals surface area (Å²) in [6, 6.07) is 6.05. The first kappa shape index (κ1) is 7.85. The molecule has 0 atom stereocenters. The van der Waals surface area contributed by atoms with E-state index in [2.05, 4.69) is 11.4 Å². The fourth-order valence-corrected chi connectivity index (χ4v) is 1.76. The van der Waals surface area contributed by atoms with Gasteiger partial charge in [0.1, 0.15) is 5.75 Å². The number of hydrogen-bond acceptors (Lipinski definition) is 2. The van der Waals surface area contributed by atoms with Crippen molar-refractivity contribution in [3.05, 3.63) is 23.8 Å². The summed E-state index contributed by atoms with van der Waals surface area (Å²) < 4.78 is 5.34. The second-order valence-electron chi connectivity index (χ2n) is 3.87. The molecule has 1 amide bonds. The number of carbonyl (C=O) groups is 1. The van der Waals surface area contributed by atoms with Crippen molar-refractivity contribution < 1.29 is 9.53 Å². The Morgan fingerprint density at radius 2 is 2.21 bits per heavy atom. The molecule has 1 fully saturated rings. The minimum atomic E-state index is -0.0725. The van der Waals surface area contributed by atoms with Crippen LogP contribution in [0.25, 0.3) is 0 Å². The number of rotatable bonds is 1. The molecule has 1 heterocycles. The molecule has 0 unspecified atom stereocenters. The van der Waals surface area contributed by atoms with Crippen LogP contribution in [0.5, 0.6) is 5.75 Å². The molecule has 1 aliphatic carbocycles. The molecular weight excluding hydrogens is 178 g/mol. The quantitative estimate of drug-likeness (QED) is 0.732. The van der Waals surface area contributed by atoms with Crippen molar-refractivity contribution in [1.29, 1.82) is 0 Å². The third-order valence-corrected chi connectivity index (χ3v) is 2.69. The maximum absolute atomic E-state index is 11.0. The van der Waals surface area contributed by atoms with E-state index in [0.29, 0.717) is 0 Å². The molecule has 3 rings (SSSR count). The molecule has 3 heteroatoms. The number of amides is 1. The molecule has 1 aliphatic heterocycles. The molecule has 1 N–H and O–H groups in total. The number of ether oxygens (including phenoxy) is 1. The third-order valence-electron chi connectivity index (χ3n) is 2.69. The van der Waals surface area contributed by atoms with E-state index in [1.165, 1.54) is 18.4 Å². The summed E-state index contributed by atoms with van der Waals surface area (Å²) in [5, 5.41) is 2.78. The van der Waals surface area contributed by atoms with Gasteiger partial charge in [-0.3, -0.25) is 4.79 Å². The molecule has 72 valence electrons. The predicted molar refractivity (Wildman–Crippen MR) is 52.5 cm³/mol. The summed E-state index contributed by atoms with van der Waals surface area (Å²) in [5.74, 6) is 1.47. The Morgan fingerprint density at radius 3 is 3.00 bits per heavy atom. The Balaban J connectivity index is 1.97. The molecule has 1 aromatic carbocycles. The number of nitrogens with one attached hydrogen (secondary N) is 1. The summed E-state index contributed by atoms with van der Waals surface area (Å²) in [4.78, 5) is 11.0. The van der Waals surface area contributed by atoms with E-state index in [1.807, 2.05) is 12.1 Å². The molecule has 0 bridgehead atoms. The molecule has 1 aromatic rings. The zero-order valence-corrected chi connectivity index (χ0v) is 7.75. The molecule has 3 nitrogen and oxygen atoms in total. The van der Waals surface area contributed by atoms with Crippen LogP contribution < -0.4 is 10.1 Å². The van der Waals surface area contributed by atoms with Crippen LogP contribution in [0.3, 0.4) is 0 Å². The normalized spacial score (nSPS) is 19.6. The molecule has 0 aromatic heterocycles. The lowest BCUT2D eigenvalue weighted by Gasteiger charge is -2.18. The van der Waals surface area contributed by atoms with Crippen molar-refractivity contribution in [1.82, 2.24) is 0 Å². The minimum absolute atomic E-state index is 0.0725. The highest BCUT2D eigenvalue weighted by Gasteiger charge is 2.25. The molecule has 1 saturated carbocycles. The number of hydrogen-bond donors (Lipinski definition) is 1. The summed E-state index contributed by atoms with van der Waals surface area (Å²) >= 11 is 0. The van der Waals surface area contributed by atoms with Crippen LogP contribution in [-0.4, -0.2) is 12.5 Å². The van der Waals surface area contributed by atoms with E-state index in [4.69, 9.17) is 4.74 Å². The Bertz CT molecular complexity index is 396. The molecule has 0 spiro atoms. The van der Waals surface area contributed by atoms with Crippen LogP contribution in [0.2, 0.25) is 0 Å². The van der Waals surface area contributed by atoms with Gasteiger partial charge >= 0.3 is 0 Å². The van der Waals surface area contributed by atoms with Crippen LogP contribution in [0, 0.1) is 0 Å². The van der Waals surface area contributed by atoms with Crippen molar-refractivity contribution in [3.63, 3.8) is 0 Å². The van der Waals surface area contributed by atoms with E-state index in [0.717, 1.165) is 17.4 Å². The van der Waals surface area contributed by atoms with Gasteiger partial charge in [-0.25, -0.2) is 0 Å². The average Bonchev–Trinajstić information content (AvgIpc) is 3.00. The molecule has 0 saturated heterocycles. The predicted octanol–water partition coefficient (Wildman–Crippen LogP) is 1.89. The Morgan fingerprint density at radius 1 is 1.36 bits per heavy atom. The van der Waals surface area contributed by atoms with Crippen LogP contribution >= 0.6 is 0 Å². The SMILES string of the molecule is O=C1COc2cc(C3CC3)ccc2N1. The largest absolute Gasteiger partial charge is 0.482 e. The topological polar surface area (TPSA) is 38.3 Å².